The Morgan fingerprint density at radius 2 is 1.55 bits per heavy atom. The zero-order valence-electron chi connectivity index (χ0n) is 18.0. The molecule has 1 aromatic heterocycles. The van der Waals surface area contributed by atoms with Crippen molar-refractivity contribution in [1.29, 1.82) is 0 Å². The first-order valence-corrected chi connectivity index (χ1v) is 11.8. The first kappa shape index (κ1) is 22.8. The summed E-state index contributed by atoms with van der Waals surface area (Å²) in [6.45, 7) is 2.82. The van der Waals surface area contributed by atoms with Gasteiger partial charge in [-0.15, -0.1) is 0 Å². The van der Waals surface area contributed by atoms with Gasteiger partial charge in [-0.1, -0.05) is 55.5 Å². The van der Waals surface area contributed by atoms with Crippen LogP contribution in [0, 0.1) is 0 Å². The Balaban J connectivity index is 1.85. The summed E-state index contributed by atoms with van der Waals surface area (Å²) < 4.78 is 29.6. The van der Waals surface area contributed by atoms with Crippen LogP contribution in [0.25, 0.3) is 0 Å². The summed E-state index contributed by atoms with van der Waals surface area (Å²) >= 11 is 0. The molecule has 0 saturated carbocycles. The van der Waals surface area contributed by atoms with E-state index < -0.39 is 10.0 Å². The van der Waals surface area contributed by atoms with Gasteiger partial charge in [-0.25, -0.2) is 8.42 Å². The number of rotatable bonds is 10. The molecule has 3 aromatic rings. The zero-order chi connectivity index (χ0) is 22.3. The highest BCUT2D eigenvalue weighted by atomic mass is 32.2. The molecule has 1 amide bonds. The molecule has 0 spiro atoms. The summed E-state index contributed by atoms with van der Waals surface area (Å²) in [4.78, 5) is 15.3. The van der Waals surface area contributed by atoms with Crippen LogP contribution < -0.4 is 0 Å². The van der Waals surface area contributed by atoms with Gasteiger partial charge in [-0.05, 0) is 36.2 Å². The summed E-state index contributed by atoms with van der Waals surface area (Å²) in [6, 6.07) is 21.9. The van der Waals surface area contributed by atoms with Crippen LogP contribution in [-0.4, -0.2) is 41.2 Å². The number of carbonyl (C=O) groups excluding carboxylic acids is 1. The van der Waals surface area contributed by atoms with E-state index in [1.54, 1.807) is 35.2 Å². The van der Waals surface area contributed by atoms with Gasteiger partial charge < -0.3 is 9.47 Å². The van der Waals surface area contributed by atoms with Crippen LogP contribution in [0.5, 0.6) is 0 Å². The maximum Gasteiger partial charge on any atom is 0.243 e. The molecule has 0 N–H and O–H groups in total. The van der Waals surface area contributed by atoms with E-state index in [2.05, 4.69) is 0 Å². The van der Waals surface area contributed by atoms with Gasteiger partial charge in [0, 0.05) is 32.0 Å². The average Bonchev–Trinajstić information content (AvgIpc) is 3.18. The van der Waals surface area contributed by atoms with Gasteiger partial charge in [-0.2, -0.15) is 4.31 Å². The molecule has 3 rings (SSSR count). The number of carbonyl (C=O) groups is 1. The Bertz CT molecular complexity index is 1080. The lowest BCUT2D eigenvalue weighted by atomic mass is 10.2. The molecule has 2 aromatic carbocycles. The third-order valence-corrected chi connectivity index (χ3v) is 7.00. The molecule has 164 valence electrons. The van der Waals surface area contributed by atoms with E-state index in [0.717, 1.165) is 11.3 Å². The van der Waals surface area contributed by atoms with Crippen molar-refractivity contribution in [3.8, 4) is 0 Å². The molecule has 0 radical (unpaired) electrons. The summed E-state index contributed by atoms with van der Waals surface area (Å²) in [6.07, 6.45) is 2.56. The molecule has 0 atom stereocenters. The smallest absolute Gasteiger partial charge is 0.243 e. The monoisotopic (exact) mass is 439 g/mol. The van der Waals surface area contributed by atoms with E-state index >= 15 is 0 Å². The molecule has 0 saturated heterocycles. The number of aryl methyl sites for hydroxylation is 1. The number of hydrogen-bond acceptors (Lipinski definition) is 3. The van der Waals surface area contributed by atoms with Crippen LogP contribution in [0.4, 0.5) is 0 Å². The minimum Gasteiger partial charge on any atom is -0.353 e. The molecule has 0 unspecified atom stereocenters. The predicted molar refractivity (Wildman–Crippen MR) is 122 cm³/mol. The fourth-order valence-corrected chi connectivity index (χ4v) is 4.92. The first-order chi connectivity index (χ1) is 14.9. The second-order valence-electron chi connectivity index (χ2n) is 7.50. The molecule has 7 heteroatoms. The lowest BCUT2D eigenvalue weighted by molar-refractivity contribution is -0.132. The molecule has 0 aliphatic heterocycles. The number of amides is 1. The van der Waals surface area contributed by atoms with Gasteiger partial charge >= 0.3 is 0 Å². The number of benzene rings is 2. The molecular formula is C24H29N3O3S. The molecule has 6 nitrogen and oxygen atoms in total. The quantitative estimate of drug-likeness (QED) is 0.484. The highest BCUT2D eigenvalue weighted by Crippen LogP contribution is 2.17. The van der Waals surface area contributed by atoms with Crippen molar-refractivity contribution in [3.63, 3.8) is 0 Å². The van der Waals surface area contributed by atoms with Crippen LogP contribution in [0.1, 0.15) is 24.6 Å². The van der Waals surface area contributed by atoms with Gasteiger partial charge in [0.1, 0.15) is 0 Å². The summed E-state index contributed by atoms with van der Waals surface area (Å²) in [5, 5.41) is 0. The average molecular weight is 440 g/mol. The Morgan fingerprint density at radius 3 is 2.13 bits per heavy atom. The molecule has 31 heavy (non-hydrogen) atoms. The number of hydrogen-bond donors (Lipinski definition) is 0. The van der Waals surface area contributed by atoms with Crippen molar-refractivity contribution in [2.75, 3.05) is 13.1 Å². The third kappa shape index (κ3) is 5.83. The van der Waals surface area contributed by atoms with Crippen molar-refractivity contribution in [2.45, 2.75) is 31.3 Å². The lowest BCUT2D eigenvalue weighted by Gasteiger charge is -2.27. The van der Waals surface area contributed by atoms with Crippen molar-refractivity contribution in [1.82, 2.24) is 13.8 Å². The van der Waals surface area contributed by atoms with Crippen LogP contribution in [0.2, 0.25) is 0 Å². The second kappa shape index (κ2) is 10.4. The molecular weight excluding hydrogens is 410 g/mol. The summed E-state index contributed by atoms with van der Waals surface area (Å²) in [7, 11) is -1.82. The lowest BCUT2D eigenvalue weighted by Crippen LogP contribution is -2.43. The number of sulfonamides is 1. The molecule has 0 fully saturated rings. The largest absolute Gasteiger partial charge is 0.353 e. The predicted octanol–water partition coefficient (Wildman–Crippen LogP) is 3.65. The third-order valence-electron chi connectivity index (χ3n) is 5.14. The number of nitrogens with zero attached hydrogens (tertiary/aromatic N) is 3. The van der Waals surface area contributed by atoms with Crippen molar-refractivity contribution in [2.24, 2.45) is 7.05 Å². The van der Waals surface area contributed by atoms with Crippen molar-refractivity contribution >= 4 is 15.9 Å². The van der Waals surface area contributed by atoms with Crippen molar-refractivity contribution < 1.29 is 13.2 Å². The van der Waals surface area contributed by atoms with Crippen LogP contribution in [0.3, 0.4) is 0 Å². The zero-order valence-corrected chi connectivity index (χ0v) is 18.8. The van der Waals surface area contributed by atoms with Crippen LogP contribution >= 0.6 is 0 Å². The summed E-state index contributed by atoms with van der Waals surface area (Å²) in [5.74, 6) is -0.224. The standard InChI is InChI=1S/C24H29N3O3S/c1-3-16-27(31(29,30)23-14-8-5-9-15-23)20-24(28)26(18-21-11-6-4-7-12-21)19-22-13-10-17-25(22)2/h4-15,17H,3,16,18-20H2,1-2H3. The van der Waals surface area contributed by atoms with Gasteiger partial charge in [-0.3, -0.25) is 4.79 Å². The Labute approximate surface area is 184 Å². The van der Waals surface area contributed by atoms with E-state index in [9.17, 15) is 13.2 Å². The minimum atomic E-state index is -3.75. The van der Waals surface area contributed by atoms with E-state index in [1.807, 2.05) is 67.2 Å². The highest BCUT2D eigenvalue weighted by molar-refractivity contribution is 7.89. The normalized spacial score (nSPS) is 11.6. The van der Waals surface area contributed by atoms with Gasteiger partial charge in [0.15, 0.2) is 0 Å². The molecule has 0 aliphatic rings. The SMILES string of the molecule is CCCN(CC(=O)N(Cc1ccccc1)Cc1cccn1C)S(=O)(=O)c1ccccc1. The van der Waals surface area contributed by atoms with Gasteiger partial charge in [0.25, 0.3) is 0 Å². The maximum atomic E-state index is 13.4. The maximum absolute atomic E-state index is 13.4. The second-order valence-corrected chi connectivity index (χ2v) is 9.44. The first-order valence-electron chi connectivity index (χ1n) is 10.4. The Hall–Kier alpha value is -2.90. The highest BCUT2D eigenvalue weighted by Gasteiger charge is 2.28. The fourth-order valence-electron chi connectivity index (χ4n) is 3.42. The molecule has 0 bridgehead atoms. The Kier molecular flexibility index (Phi) is 7.65. The number of aromatic nitrogens is 1. The molecule has 1 heterocycles. The van der Waals surface area contributed by atoms with Gasteiger partial charge in [0.2, 0.25) is 15.9 Å². The Morgan fingerprint density at radius 1 is 0.903 bits per heavy atom. The van der Waals surface area contributed by atoms with Crippen LogP contribution in [-0.2, 0) is 35.0 Å². The van der Waals surface area contributed by atoms with E-state index in [4.69, 9.17) is 0 Å². The molecule has 0 aliphatic carbocycles. The fraction of sp³-hybridized carbons (Fsp3) is 0.292. The van der Waals surface area contributed by atoms with Crippen LogP contribution in [0.15, 0.2) is 83.9 Å². The van der Waals surface area contributed by atoms with E-state index in [0.29, 0.717) is 19.5 Å². The topological polar surface area (TPSA) is 62.6 Å². The minimum absolute atomic E-state index is 0.192. The van der Waals surface area contributed by atoms with Crippen molar-refractivity contribution in [3.05, 3.63) is 90.3 Å². The van der Waals surface area contributed by atoms with Gasteiger partial charge in [0.05, 0.1) is 18.0 Å². The van der Waals surface area contributed by atoms with E-state index in [-0.39, 0.29) is 23.9 Å². The van der Waals surface area contributed by atoms with E-state index in [1.165, 1.54) is 4.31 Å². The summed E-state index contributed by atoms with van der Waals surface area (Å²) in [5.41, 5.74) is 1.98.